The number of nitrogens with one attached hydrogen (secondary N) is 1. The van der Waals surface area contributed by atoms with Gasteiger partial charge in [-0.25, -0.2) is 0 Å². The Kier molecular flexibility index (Phi) is 8.32. The van der Waals surface area contributed by atoms with Crippen LogP contribution in [-0.2, 0) is 0 Å². The summed E-state index contributed by atoms with van der Waals surface area (Å²) >= 11 is 0. The fraction of sp³-hybridized carbons (Fsp3) is 0.500. The molecule has 0 bridgehead atoms. The summed E-state index contributed by atoms with van der Waals surface area (Å²) in [5, 5.41) is 21.4. The van der Waals surface area contributed by atoms with Crippen molar-refractivity contribution in [2.75, 3.05) is 37.3 Å². The van der Waals surface area contributed by atoms with E-state index in [1.165, 1.54) is 0 Å². The van der Waals surface area contributed by atoms with Gasteiger partial charge in [0.1, 0.15) is 5.75 Å². The van der Waals surface area contributed by atoms with Crippen molar-refractivity contribution in [3.05, 3.63) is 30.3 Å². The van der Waals surface area contributed by atoms with Crippen molar-refractivity contribution in [2.24, 2.45) is 5.41 Å². The van der Waals surface area contributed by atoms with E-state index in [4.69, 9.17) is 5.73 Å². The smallest absolute Gasteiger partial charge is 0.169 e. The molecule has 1 saturated heterocycles. The number of nitrogen functional groups attached to an aromatic ring is 1. The van der Waals surface area contributed by atoms with E-state index in [2.05, 4.69) is 27.3 Å². The first-order chi connectivity index (χ1) is 12.5. The van der Waals surface area contributed by atoms with Gasteiger partial charge in [0.2, 0.25) is 0 Å². The van der Waals surface area contributed by atoms with Crippen molar-refractivity contribution < 1.29 is 5.11 Å². The topological polar surface area (TPSA) is 87.3 Å². The molecule has 0 radical (unpaired) electrons. The van der Waals surface area contributed by atoms with E-state index >= 15 is 0 Å². The van der Waals surface area contributed by atoms with Crippen LogP contribution in [0.3, 0.4) is 0 Å². The zero-order valence-electron chi connectivity index (χ0n) is 16.9. The van der Waals surface area contributed by atoms with Gasteiger partial charge in [0.15, 0.2) is 5.82 Å². The monoisotopic (exact) mass is 359 g/mol. The first-order valence-corrected chi connectivity index (χ1v) is 9.33. The molecule has 0 unspecified atom stereocenters. The summed E-state index contributed by atoms with van der Waals surface area (Å²) < 4.78 is 0. The number of aromatic hydroxyl groups is 1. The Morgan fingerprint density at radius 3 is 2.35 bits per heavy atom. The van der Waals surface area contributed by atoms with Gasteiger partial charge in [-0.3, -0.25) is 0 Å². The number of para-hydroxylation sites is 1. The largest absolute Gasteiger partial charge is 0.507 e. The highest BCUT2D eigenvalue weighted by Crippen LogP contribution is 2.38. The van der Waals surface area contributed by atoms with Gasteiger partial charge in [-0.05, 0) is 25.2 Å². The van der Waals surface area contributed by atoms with Gasteiger partial charge >= 0.3 is 0 Å². The summed E-state index contributed by atoms with van der Waals surface area (Å²) in [4.78, 5) is 2.20. The number of benzene rings is 1. The van der Waals surface area contributed by atoms with Gasteiger partial charge in [0.05, 0.1) is 11.4 Å². The summed E-state index contributed by atoms with van der Waals surface area (Å²) in [6.45, 7) is 13.1. The number of phenols is 1. The standard InChI is InChI=1S/C16H21N5O.2C2H6/c1-16(8-18-2)9-21(10-16)13-7-12(19-20-15(13)17)11-5-3-4-6-14(11)22;2*1-2/h3-7,18,22H,8-10H2,1-2H3,(H2,17,20);2*1-2H3. The van der Waals surface area contributed by atoms with Crippen molar-refractivity contribution in [1.82, 2.24) is 15.5 Å². The normalized spacial score (nSPS) is 14.3. The van der Waals surface area contributed by atoms with Crippen LogP contribution in [0.1, 0.15) is 34.6 Å². The molecule has 0 saturated carbocycles. The molecule has 2 aromatic rings. The molecule has 0 amide bonds. The molecule has 1 aliphatic rings. The Balaban J connectivity index is 0.000000791. The lowest BCUT2D eigenvalue weighted by Crippen LogP contribution is -2.58. The second-order valence-corrected chi connectivity index (χ2v) is 6.21. The number of nitrogens with two attached hydrogens (primary N) is 1. The number of hydrogen-bond donors (Lipinski definition) is 3. The summed E-state index contributed by atoms with van der Waals surface area (Å²) in [7, 11) is 1.96. The van der Waals surface area contributed by atoms with Crippen LogP contribution < -0.4 is 16.0 Å². The maximum Gasteiger partial charge on any atom is 0.169 e. The SMILES string of the molecule is CC.CC.CNCC1(C)CN(c2cc(-c3ccccc3O)nnc2N)C1. The number of rotatable bonds is 4. The quantitative estimate of drug-likeness (QED) is 0.774. The predicted molar refractivity (Wildman–Crippen MR) is 110 cm³/mol. The minimum absolute atomic E-state index is 0.191. The number of aromatic nitrogens is 2. The Labute approximate surface area is 157 Å². The summed E-state index contributed by atoms with van der Waals surface area (Å²) in [6.07, 6.45) is 0. The lowest BCUT2D eigenvalue weighted by molar-refractivity contribution is 0.238. The lowest BCUT2D eigenvalue weighted by Gasteiger charge is -2.49. The zero-order valence-corrected chi connectivity index (χ0v) is 16.9. The van der Waals surface area contributed by atoms with Crippen LogP contribution in [0.4, 0.5) is 11.5 Å². The van der Waals surface area contributed by atoms with Crippen LogP contribution in [-0.4, -0.2) is 42.0 Å². The maximum atomic E-state index is 9.97. The Bertz CT molecular complexity index is 684. The van der Waals surface area contributed by atoms with Crippen molar-refractivity contribution >= 4 is 11.5 Å². The second kappa shape index (κ2) is 9.97. The average molecular weight is 360 g/mol. The summed E-state index contributed by atoms with van der Waals surface area (Å²) in [5.41, 5.74) is 8.40. The maximum absolute atomic E-state index is 9.97. The van der Waals surface area contributed by atoms with Gasteiger partial charge in [0.25, 0.3) is 0 Å². The van der Waals surface area contributed by atoms with E-state index in [-0.39, 0.29) is 11.2 Å². The number of hydrogen-bond acceptors (Lipinski definition) is 6. The third-order valence-corrected chi connectivity index (χ3v) is 4.07. The molecule has 144 valence electrons. The number of phenolic OH excluding ortho intramolecular Hbond substituents is 1. The molecule has 26 heavy (non-hydrogen) atoms. The highest BCUT2D eigenvalue weighted by Gasteiger charge is 2.39. The third kappa shape index (κ3) is 4.85. The van der Waals surface area contributed by atoms with Crippen LogP contribution in [0.25, 0.3) is 11.3 Å². The molecular formula is C20H33N5O. The average Bonchev–Trinajstić information content (AvgIpc) is 2.64. The van der Waals surface area contributed by atoms with Gasteiger partial charge in [-0.1, -0.05) is 46.8 Å². The van der Waals surface area contributed by atoms with Crippen molar-refractivity contribution in [1.29, 1.82) is 0 Å². The van der Waals surface area contributed by atoms with Gasteiger partial charge in [0, 0.05) is 30.6 Å². The van der Waals surface area contributed by atoms with E-state index in [1.54, 1.807) is 12.1 Å². The second-order valence-electron chi connectivity index (χ2n) is 6.21. The van der Waals surface area contributed by atoms with E-state index < -0.39 is 0 Å². The molecule has 1 aliphatic heterocycles. The van der Waals surface area contributed by atoms with Crippen LogP contribution in [0.2, 0.25) is 0 Å². The fourth-order valence-corrected chi connectivity index (χ4v) is 3.05. The van der Waals surface area contributed by atoms with Crippen LogP contribution in [0.5, 0.6) is 5.75 Å². The molecule has 1 fully saturated rings. The number of nitrogens with zero attached hydrogens (tertiary/aromatic N) is 3. The van der Waals surface area contributed by atoms with Gasteiger partial charge in [-0.2, -0.15) is 0 Å². The Morgan fingerprint density at radius 2 is 1.77 bits per heavy atom. The van der Waals surface area contributed by atoms with Crippen molar-refractivity contribution in [3.8, 4) is 17.0 Å². The molecule has 0 aliphatic carbocycles. The molecule has 4 N–H and O–H groups in total. The van der Waals surface area contributed by atoms with Gasteiger partial charge in [-0.15, -0.1) is 10.2 Å². The molecule has 6 nitrogen and oxygen atoms in total. The summed E-state index contributed by atoms with van der Waals surface area (Å²) in [5.74, 6) is 0.613. The van der Waals surface area contributed by atoms with E-state index in [9.17, 15) is 5.11 Å². The van der Waals surface area contributed by atoms with Crippen molar-refractivity contribution in [3.63, 3.8) is 0 Å². The first-order valence-electron chi connectivity index (χ1n) is 9.33. The van der Waals surface area contributed by atoms with Crippen LogP contribution in [0, 0.1) is 5.41 Å². The molecule has 2 heterocycles. The molecule has 3 rings (SSSR count). The van der Waals surface area contributed by atoms with E-state index in [1.807, 2.05) is 52.9 Å². The van der Waals surface area contributed by atoms with E-state index in [0.29, 0.717) is 17.1 Å². The fourth-order valence-electron chi connectivity index (χ4n) is 3.05. The van der Waals surface area contributed by atoms with Gasteiger partial charge < -0.3 is 21.1 Å². The minimum atomic E-state index is 0.191. The molecule has 1 aromatic carbocycles. The van der Waals surface area contributed by atoms with Crippen molar-refractivity contribution in [2.45, 2.75) is 34.6 Å². The molecule has 0 spiro atoms. The Morgan fingerprint density at radius 1 is 1.15 bits per heavy atom. The van der Waals surface area contributed by atoms with E-state index in [0.717, 1.165) is 25.3 Å². The first kappa shape index (κ1) is 21.7. The number of anilines is 2. The molecule has 6 heteroatoms. The predicted octanol–water partition coefficient (Wildman–Crippen LogP) is 3.53. The summed E-state index contributed by atoms with van der Waals surface area (Å²) in [6, 6.07) is 9.00. The highest BCUT2D eigenvalue weighted by atomic mass is 16.3. The molecule has 1 aromatic heterocycles. The minimum Gasteiger partial charge on any atom is -0.507 e. The molecular weight excluding hydrogens is 326 g/mol. The zero-order chi connectivity index (χ0) is 19.7. The highest BCUT2D eigenvalue weighted by molar-refractivity contribution is 5.74. The Hall–Kier alpha value is -2.34. The third-order valence-electron chi connectivity index (χ3n) is 4.07. The van der Waals surface area contributed by atoms with Crippen LogP contribution in [0.15, 0.2) is 30.3 Å². The molecule has 0 atom stereocenters. The van der Waals surface area contributed by atoms with Crippen LogP contribution >= 0.6 is 0 Å². The lowest BCUT2D eigenvalue weighted by atomic mass is 9.81.